The van der Waals surface area contributed by atoms with Crippen LogP contribution in [0, 0.1) is 0 Å². The molecule has 1 amide bonds. The zero-order valence-corrected chi connectivity index (χ0v) is 14.1. The lowest BCUT2D eigenvalue weighted by Crippen LogP contribution is -2.39. The molecule has 4 rings (SSSR count). The molecular formula is C17H22N6O2. The van der Waals surface area contributed by atoms with Crippen LogP contribution in [0.5, 0.6) is 0 Å². The molecule has 1 fully saturated rings. The first-order valence-corrected chi connectivity index (χ1v) is 8.98. The quantitative estimate of drug-likeness (QED) is 0.882. The lowest BCUT2D eigenvalue weighted by atomic mass is 9.95. The summed E-state index contributed by atoms with van der Waals surface area (Å²) in [5.41, 5.74) is -0.0165. The molecule has 0 saturated carbocycles. The second kappa shape index (κ2) is 6.78. The van der Waals surface area contributed by atoms with E-state index in [1.54, 1.807) is 4.90 Å². The smallest absolute Gasteiger partial charge is 0.273 e. The third-order valence-electron chi connectivity index (χ3n) is 5.18. The number of carbonyl (C=O) groups is 1. The number of rotatable bonds is 2. The number of carbonyl (C=O) groups excluding carboxylic acids is 1. The Labute approximate surface area is 145 Å². The van der Waals surface area contributed by atoms with Crippen LogP contribution in [0.25, 0.3) is 0 Å². The van der Waals surface area contributed by atoms with Gasteiger partial charge in [0, 0.05) is 38.2 Å². The van der Waals surface area contributed by atoms with Crippen molar-refractivity contribution in [3.8, 4) is 0 Å². The van der Waals surface area contributed by atoms with Gasteiger partial charge in [-0.15, -0.1) is 10.2 Å². The normalized spacial score (nSPS) is 18.6. The molecule has 0 bridgehead atoms. The highest BCUT2D eigenvalue weighted by molar-refractivity contribution is 5.92. The van der Waals surface area contributed by atoms with Crippen LogP contribution in [-0.4, -0.2) is 48.6 Å². The molecule has 0 radical (unpaired) electrons. The van der Waals surface area contributed by atoms with Crippen molar-refractivity contribution in [3.05, 3.63) is 40.1 Å². The van der Waals surface area contributed by atoms with Crippen LogP contribution in [0.2, 0.25) is 0 Å². The van der Waals surface area contributed by atoms with Gasteiger partial charge in [-0.3, -0.25) is 9.59 Å². The van der Waals surface area contributed by atoms with E-state index in [-0.39, 0.29) is 17.2 Å². The lowest BCUT2D eigenvalue weighted by Gasteiger charge is -2.31. The van der Waals surface area contributed by atoms with Crippen LogP contribution >= 0.6 is 0 Å². The van der Waals surface area contributed by atoms with Crippen molar-refractivity contribution in [2.45, 2.75) is 51.0 Å². The maximum Gasteiger partial charge on any atom is 0.273 e. The Hall–Kier alpha value is -2.51. The third kappa shape index (κ3) is 3.20. The zero-order chi connectivity index (χ0) is 17.2. The number of H-pyrrole nitrogens is 1. The summed E-state index contributed by atoms with van der Waals surface area (Å²) in [7, 11) is 0. The highest BCUT2D eigenvalue weighted by Gasteiger charge is 2.29. The minimum Gasteiger partial charge on any atom is -0.337 e. The van der Waals surface area contributed by atoms with E-state index in [0.717, 1.165) is 43.7 Å². The van der Waals surface area contributed by atoms with E-state index in [4.69, 9.17) is 0 Å². The summed E-state index contributed by atoms with van der Waals surface area (Å²) in [6.45, 7) is 2.36. The molecule has 2 aromatic heterocycles. The van der Waals surface area contributed by atoms with Gasteiger partial charge in [-0.2, -0.15) is 0 Å². The van der Waals surface area contributed by atoms with Crippen molar-refractivity contribution >= 4 is 5.91 Å². The minimum atomic E-state index is -0.303. The van der Waals surface area contributed by atoms with E-state index in [1.165, 1.54) is 25.5 Å². The summed E-state index contributed by atoms with van der Waals surface area (Å²) in [5, 5.41) is 8.85. The van der Waals surface area contributed by atoms with Crippen LogP contribution in [0.3, 0.4) is 0 Å². The third-order valence-corrected chi connectivity index (χ3v) is 5.18. The molecule has 0 spiro atoms. The fourth-order valence-electron chi connectivity index (χ4n) is 3.77. The molecule has 2 aliphatic heterocycles. The number of aryl methyl sites for hydroxylation is 1. The van der Waals surface area contributed by atoms with Crippen molar-refractivity contribution < 1.29 is 4.79 Å². The Morgan fingerprint density at radius 3 is 2.72 bits per heavy atom. The van der Waals surface area contributed by atoms with E-state index >= 15 is 0 Å². The second-order valence-electron chi connectivity index (χ2n) is 6.80. The van der Waals surface area contributed by atoms with E-state index < -0.39 is 0 Å². The summed E-state index contributed by atoms with van der Waals surface area (Å²) < 4.78 is 2.30. The molecule has 2 aliphatic rings. The van der Waals surface area contributed by atoms with Gasteiger partial charge in [0.25, 0.3) is 11.5 Å². The van der Waals surface area contributed by atoms with Crippen molar-refractivity contribution in [3.63, 3.8) is 0 Å². The zero-order valence-electron chi connectivity index (χ0n) is 14.1. The number of fused-ring (bicyclic) bond motifs is 1. The predicted molar refractivity (Wildman–Crippen MR) is 90.3 cm³/mol. The molecule has 8 heteroatoms. The fourth-order valence-corrected chi connectivity index (χ4v) is 3.77. The first-order valence-electron chi connectivity index (χ1n) is 8.98. The Morgan fingerprint density at radius 2 is 1.96 bits per heavy atom. The fraction of sp³-hybridized carbons (Fsp3) is 0.588. The topological polar surface area (TPSA) is 96.8 Å². The monoisotopic (exact) mass is 342 g/mol. The molecule has 25 heavy (non-hydrogen) atoms. The first-order chi connectivity index (χ1) is 12.2. The molecule has 8 nitrogen and oxygen atoms in total. The summed E-state index contributed by atoms with van der Waals surface area (Å²) in [5.74, 6) is 2.43. The standard InChI is InChI=1S/C17H22N6O2/c24-15-11-18-13(10-19-15)17(25)22-8-5-12(6-9-22)16-21-20-14-4-2-1-3-7-23(14)16/h10-12H,1-9H2,(H,19,24). The minimum absolute atomic E-state index is 0.130. The number of amides is 1. The largest absolute Gasteiger partial charge is 0.337 e. The molecule has 1 saturated heterocycles. The van der Waals surface area contributed by atoms with Gasteiger partial charge in [-0.05, 0) is 25.7 Å². The Kier molecular flexibility index (Phi) is 4.33. The molecule has 0 aliphatic carbocycles. The first kappa shape index (κ1) is 16.0. The highest BCUT2D eigenvalue weighted by Crippen LogP contribution is 2.29. The Balaban J connectivity index is 1.43. The van der Waals surface area contributed by atoms with E-state index in [1.807, 2.05) is 0 Å². The van der Waals surface area contributed by atoms with Crippen molar-refractivity contribution in [1.82, 2.24) is 29.6 Å². The van der Waals surface area contributed by atoms with Gasteiger partial charge >= 0.3 is 0 Å². The number of nitrogens with zero attached hydrogens (tertiary/aromatic N) is 5. The van der Waals surface area contributed by atoms with Gasteiger partial charge in [0.1, 0.15) is 17.3 Å². The number of hydrogen-bond donors (Lipinski definition) is 1. The number of likely N-dealkylation sites (tertiary alicyclic amines) is 1. The summed E-state index contributed by atoms with van der Waals surface area (Å²) >= 11 is 0. The van der Waals surface area contributed by atoms with E-state index in [9.17, 15) is 9.59 Å². The van der Waals surface area contributed by atoms with Gasteiger partial charge in [-0.25, -0.2) is 4.98 Å². The Morgan fingerprint density at radius 1 is 1.12 bits per heavy atom. The van der Waals surface area contributed by atoms with Gasteiger partial charge < -0.3 is 14.5 Å². The highest BCUT2D eigenvalue weighted by atomic mass is 16.2. The summed E-state index contributed by atoms with van der Waals surface area (Å²) in [4.78, 5) is 31.8. The summed E-state index contributed by atoms with van der Waals surface area (Å²) in [6.07, 6.45) is 8.94. The van der Waals surface area contributed by atoms with E-state index in [2.05, 4.69) is 24.7 Å². The molecule has 0 unspecified atom stereocenters. The number of piperidine rings is 1. The van der Waals surface area contributed by atoms with Gasteiger partial charge in [0.15, 0.2) is 0 Å². The number of aromatic nitrogens is 5. The van der Waals surface area contributed by atoms with Gasteiger partial charge in [-0.1, -0.05) is 6.42 Å². The van der Waals surface area contributed by atoms with Crippen LogP contribution in [0.1, 0.15) is 60.2 Å². The maximum absolute atomic E-state index is 12.5. The molecule has 4 heterocycles. The van der Waals surface area contributed by atoms with Crippen molar-refractivity contribution in [2.75, 3.05) is 13.1 Å². The van der Waals surface area contributed by atoms with E-state index in [0.29, 0.717) is 19.0 Å². The SMILES string of the molecule is O=C(c1c[nH]c(=O)cn1)N1CCC(c2nnc3n2CCCCC3)CC1. The average Bonchev–Trinajstić information content (AvgIpc) is 2.90. The number of hydrogen-bond acceptors (Lipinski definition) is 5. The van der Waals surface area contributed by atoms with Crippen LogP contribution in [0.15, 0.2) is 17.2 Å². The molecule has 132 valence electrons. The Bertz CT molecular complexity index is 798. The predicted octanol–water partition coefficient (Wildman–Crippen LogP) is 1.11. The van der Waals surface area contributed by atoms with Gasteiger partial charge in [0.2, 0.25) is 0 Å². The van der Waals surface area contributed by atoms with Crippen molar-refractivity contribution in [2.24, 2.45) is 0 Å². The number of nitrogens with one attached hydrogen (secondary N) is 1. The second-order valence-corrected chi connectivity index (χ2v) is 6.80. The van der Waals surface area contributed by atoms with Crippen LogP contribution in [-0.2, 0) is 13.0 Å². The molecule has 2 aromatic rings. The molecule has 0 aromatic carbocycles. The maximum atomic E-state index is 12.5. The van der Waals surface area contributed by atoms with Gasteiger partial charge in [0.05, 0.1) is 6.20 Å². The molecule has 1 N–H and O–H groups in total. The lowest BCUT2D eigenvalue weighted by molar-refractivity contribution is 0.0703. The summed E-state index contributed by atoms with van der Waals surface area (Å²) in [6, 6.07) is 0. The van der Waals surface area contributed by atoms with Crippen molar-refractivity contribution in [1.29, 1.82) is 0 Å². The molecular weight excluding hydrogens is 320 g/mol. The average molecular weight is 342 g/mol. The van der Waals surface area contributed by atoms with Crippen LogP contribution < -0.4 is 5.56 Å². The van der Waals surface area contributed by atoms with Crippen LogP contribution in [0.4, 0.5) is 0 Å². The molecule has 0 atom stereocenters. The number of aromatic amines is 1.